The molecule has 1 aliphatic rings. The van der Waals surface area contributed by atoms with Crippen molar-refractivity contribution in [1.82, 2.24) is 5.32 Å². The Bertz CT molecular complexity index is 1290. The van der Waals surface area contributed by atoms with E-state index >= 15 is 0 Å². The van der Waals surface area contributed by atoms with Crippen LogP contribution < -0.4 is 15.0 Å². The number of halogens is 2. The van der Waals surface area contributed by atoms with Gasteiger partial charge in [-0.25, -0.2) is 14.1 Å². The van der Waals surface area contributed by atoms with Gasteiger partial charge < -0.3 is 4.74 Å². The maximum atomic E-state index is 13.3. The number of carbonyl (C=O) groups excluding carboxylic acids is 3. The van der Waals surface area contributed by atoms with E-state index in [1.165, 1.54) is 18.2 Å². The Morgan fingerprint density at radius 2 is 1.79 bits per heavy atom. The van der Waals surface area contributed by atoms with Crippen LogP contribution in [0.3, 0.4) is 0 Å². The van der Waals surface area contributed by atoms with Crippen LogP contribution >= 0.6 is 15.9 Å². The molecule has 1 heterocycles. The monoisotopic (exact) mass is 508 g/mol. The van der Waals surface area contributed by atoms with Gasteiger partial charge in [0, 0.05) is 4.47 Å². The molecule has 0 saturated carbocycles. The molecule has 0 bridgehead atoms. The number of barbiturate groups is 1. The van der Waals surface area contributed by atoms with Gasteiger partial charge in [0.15, 0.2) is 0 Å². The van der Waals surface area contributed by atoms with E-state index in [1.807, 2.05) is 0 Å². The Kier molecular flexibility index (Phi) is 6.37. The molecule has 1 fully saturated rings. The molecule has 0 radical (unpaired) electrons. The molecule has 1 aliphatic heterocycles. The minimum Gasteiger partial charge on any atom is -0.489 e. The lowest BCUT2D eigenvalue weighted by atomic mass is 10.1. The van der Waals surface area contributed by atoms with Crippen LogP contribution in [0.5, 0.6) is 5.75 Å². The van der Waals surface area contributed by atoms with Crippen LogP contribution in [0.4, 0.5) is 14.9 Å². The van der Waals surface area contributed by atoms with Gasteiger partial charge in [0.1, 0.15) is 23.7 Å². The van der Waals surface area contributed by atoms with E-state index < -0.39 is 17.8 Å². The van der Waals surface area contributed by atoms with Crippen molar-refractivity contribution in [3.63, 3.8) is 0 Å². The molecule has 33 heavy (non-hydrogen) atoms. The second kappa shape index (κ2) is 9.38. The van der Waals surface area contributed by atoms with Gasteiger partial charge in [-0.15, -0.1) is 0 Å². The van der Waals surface area contributed by atoms with Crippen molar-refractivity contribution in [3.05, 3.63) is 99.3 Å². The van der Waals surface area contributed by atoms with Crippen LogP contribution in [-0.4, -0.2) is 17.8 Å². The zero-order chi connectivity index (χ0) is 23.5. The molecule has 0 aliphatic carbocycles. The first-order valence-electron chi connectivity index (χ1n) is 9.97. The minimum atomic E-state index is -0.798. The summed E-state index contributed by atoms with van der Waals surface area (Å²) >= 11 is 3.35. The SMILES string of the molecule is Cc1cc(Br)ccc1N1C(=O)NC(=O)/C(=C/c2ccc(OCc3cccc(F)c3)cc2)C1=O. The average Bonchev–Trinajstić information content (AvgIpc) is 2.77. The van der Waals surface area contributed by atoms with E-state index in [4.69, 9.17) is 4.74 Å². The van der Waals surface area contributed by atoms with E-state index in [-0.39, 0.29) is 18.0 Å². The summed E-state index contributed by atoms with van der Waals surface area (Å²) in [6.07, 6.45) is 1.42. The number of imide groups is 2. The van der Waals surface area contributed by atoms with Crippen LogP contribution in [0.25, 0.3) is 6.08 Å². The van der Waals surface area contributed by atoms with Crippen LogP contribution in [0.1, 0.15) is 16.7 Å². The largest absolute Gasteiger partial charge is 0.489 e. The van der Waals surface area contributed by atoms with Crippen LogP contribution in [0.2, 0.25) is 0 Å². The molecule has 4 rings (SSSR count). The lowest BCUT2D eigenvalue weighted by Gasteiger charge is -2.27. The van der Waals surface area contributed by atoms with Crippen molar-refractivity contribution < 1.29 is 23.5 Å². The zero-order valence-electron chi connectivity index (χ0n) is 17.5. The van der Waals surface area contributed by atoms with Gasteiger partial charge >= 0.3 is 6.03 Å². The molecule has 8 heteroatoms. The Labute approximate surface area is 197 Å². The van der Waals surface area contributed by atoms with E-state index in [2.05, 4.69) is 21.2 Å². The Hall–Kier alpha value is -3.78. The van der Waals surface area contributed by atoms with Gasteiger partial charge in [0.25, 0.3) is 11.8 Å². The molecule has 0 aromatic heterocycles. The number of hydrogen-bond acceptors (Lipinski definition) is 4. The fourth-order valence-corrected chi connectivity index (χ4v) is 3.84. The molecule has 0 unspecified atom stereocenters. The van der Waals surface area contributed by atoms with Gasteiger partial charge in [0.05, 0.1) is 5.69 Å². The van der Waals surface area contributed by atoms with Gasteiger partial charge in [-0.3, -0.25) is 14.9 Å². The topological polar surface area (TPSA) is 75.7 Å². The number of benzene rings is 3. The minimum absolute atomic E-state index is 0.162. The highest BCUT2D eigenvalue weighted by atomic mass is 79.9. The van der Waals surface area contributed by atoms with E-state index in [1.54, 1.807) is 61.5 Å². The standard InChI is InChI=1S/C25H18BrFN2O4/c1-15-11-18(26)7-10-22(15)29-24(31)21(23(30)28-25(29)32)13-16-5-8-20(9-6-16)33-14-17-3-2-4-19(27)12-17/h2-13H,14H2,1H3,(H,28,30,32)/b21-13-. The quantitative estimate of drug-likeness (QED) is 0.382. The van der Waals surface area contributed by atoms with Gasteiger partial charge in [-0.05, 0) is 72.2 Å². The normalized spacial score (nSPS) is 15.1. The van der Waals surface area contributed by atoms with Crippen molar-refractivity contribution in [2.45, 2.75) is 13.5 Å². The highest BCUT2D eigenvalue weighted by Gasteiger charge is 2.37. The molecular formula is C25H18BrFN2O4. The maximum Gasteiger partial charge on any atom is 0.335 e. The molecule has 1 N–H and O–H groups in total. The van der Waals surface area contributed by atoms with Crippen molar-refractivity contribution in [2.75, 3.05) is 4.90 Å². The van der Waals surface area contributed by atoms with Crippen molar-refractivity contribution in [2.24, 2.45) is 0 Å². The molecule has 4 amide bonds. The average molecular weight is 509 g/mol. The molecule has 0 atom stereocenters. The molecule has 166 valence electrons. The first-order chi connectivity index (χ1) is 15.8. The van der Waals surface area contributed by atoms with Crippen molar-refractivity contribution in [3.8, 4) is 5.75 Å². The number of anilines is 1. The predicted octanol–water partition coefficient (Wildman–Crippen LogP) is 5.14. The summed E-state index contributed by atoms with van der Waals surface area (Å²) in [6, 6.07) is 17.2. The number of nitrogens with one attached hydrogen (secondary N) is 1. The molecule has 0 spiro atoms. The fourth-order valence-electron chi connectivity index (χ4n) is 3.37. The number of urea groups is 1. The summed E-state index contributed by atoms with van der Waals surface area (Å²) in [5.74, 6) is -1.26. The summed E-state index contributed by atoms with van der Waals surface area (Å²) in [4.78, 5) is 38.8. The number of rotatable bonds is 5. The summed E-state index contributed by atoms with van der Waals surface area (Å²) in [5.41, 5.74) is 2.19. The third kappa shape index (κ3) is 5.01. The Balaban J connectivity index is 1.54. The summed E-state index contributed by atoms with van der Waals surface area (Å²) in [6.45, 7) is 1.96. The smallest absolute Gasteiger partial charge is 0.335 e. The van der Waals surface area contributed by atoms with Crippen LogP contribution in [-0.2, 0) is 16.2 Å². The van der Waals surface area contributed by atoms with Gasteiger partial charge in [0.2, 0.25) is 0 Å². The van der Waals surface area contributed by atoms with Crippen LogP contribution in [0, 0.1) is 12.7 Å². The van der Waals surface area contributed by atoms with Gasteiger partial charge in [-0.2, -0.15) is 0 Å². The first-order valence-corrected chi connectivity index (χ1v) is 10.8. The second-order valence-electron chi connectivity index (χ2n) is 7.38. The highest BCUT2D eigenvalue weighted by molar-refractivity contribution is 9.10. The lowest BCUT2D eigenvalue weighted by Crippen LogP contribution is -2.54. The molecule has 3 aromatic rings. The third-order valence-corrected chi connectivity index (χ3v) is 5.48. The zero-order valence-corrected chi connectivity index (χ0v) is 19.1. The second-order valence-corrected chi connectivity index (χ2v) is 8.29. The summed E-state index contributed by atoms with van der Waals surface area (Å²) in [5, 5.41) is 2.22. The predicted molar refractivity (Wildman–Crippen MR) is 125 cm³/mol. The number of aryl methyl sites for hydroxylation is 1. The maximum absolute atomic E-state index is 13.3. The number of nitrogens with zero attached hydrogens (tertiary/aromatic N) is 1. The number of carbonyl (C=O) groups is 3. The van der Waals surface area contributed by atoms with Gasteiger partial charge in [-0.1, -0.05) is 40.2 Å². The molecular weight excluding hydrogens is 491 g/mol. The number of ether oxygens (including phenoxy) is 1. The van der Waals surface area contributed by atoms with Crippen molar-refractivity contribution in [1.29, 1.82) is 0 Å². The fraction of sp³-hybridized carbons (Fsp3) is 0.0800. The number of hydrogen-bond donors (Lipinski definition) is 1. The Morgan fingerprint density at radius 1 is 1.03 bits per heavy atom. The van der Waals surface area contributed by atoms with E-state index in [0.29, 0.717) is 28.1 Å². The molecule has 1 saturated heterocycles. The first kappa shape index (κ1) is 22.4. The highest BCUT2D eigenvalue weighted by Crippen LogP contribution is 2.28. The summed E-state index contributed by atoms with van der Waals surface area (Å²) < 4.78 is 19.7. The third-order valence-electron chi connectivity index (χ3n) is 4.99. The van der Waals surface area contributed by atoms with E-state index in [9.17, 15) is 18.8 Å². The molecule has 6 nitrogen and oxygen atoms in total. The number of amides is 4. The lowest BCUT2D eigenvalue weighted by molar-refractivity contribution is -0.122. The van der Waals surface area contributed by atoms with E-state index in [0.717, 1.165) is 9.37 Å². The molecule has 3 aromatic carbocycles. The van der Waals surface area contributed by atoms with Crippen LogP contribution in [0.15, 0.2) is 76.8 Å². The van der Waals surface area contributed by atoms with Crippen molar-refractivity contribution >= 4 is 45.5 Å². The summed E-state index contributed by atoms with van der Waals surface area (Å²) in [7, 11) is 0. The Morgan fingerprint density at radius 3 is 2.48 bits per heavy atom.